The molecule has 2 nitrogen and oxygen atoms in total. The largest absolute Gasteiger partial charge is 0.313 e. The molecule has 3 unspecified atom stereocenters. The van der Waals surface area contributed by atoms with E-state index in [1.54, 1.807) is 0 Å². The number of hydrogen-bond acceptors (Lipinski definition) is 2. The first-order valence-electron chi connectivity index (χ1n) is 7.19. The summed E-state index contributed by atoms with van der Waals surface area (Å²) in [6.45, 7) is 11.6. The average Bonchev–Trinajstić information content (AvgIpc) is 2.29. The Labute approximate surface area is 102 Å². The Kier molecular flexibility index (Phi) is 6.37. The predicted octanol–water partition coefficient (Wildman–Crippen LogP) is 3.03. The van der Waals surface area contributed by atoms with E-state index in [0.29, 0.717) is 12.1 Å². The fourth-order valence-electron chi connectivity index (χ4n) is 2.98. The zero-order chi connectivity index (χ0) is 12.0. The van der Waals surface area contributed by atoms with Crippen molar-refractivity contribution in [3.63, 3.8) is 0 Å². The van der Waals surface area contributed by atoms with Crippen LogP contribution in [0.3, 0.4) is 0 Å². The van der Waals surface area contributed by atoms with Gasteiger partial charge in [-0.2, -0.15) is 0 Å². The van der Waals surface area contributed by atoms with Gasteiger partial charge < -0.3 is 5.32 Å². The lowest BCUT2D eigenvalue weighted by Crippen LogP contribution is -2.52. The summed E-state index contributed by atoms with van der Waals surface area (Å²) in [4.78, 5) is 2.75. The van der Waals surface area contributed by atoms with Gasteiger partial charge in [-0.15, -0.1) is 0 Å². The van der Waals surface area contributed by atoms with Gasteiger partial charge >= 0.3 is 0 Å². The van der Waals surface area contributed by atoms with Crippen molar-refractivity contribution in [2.45, 2.75) is 77.9 Å². The Morgan fingerprint density at radius 3 is 2.62 bits per heavy atom. The van der Waals surface area contributed by atoms with Gasteiger partial charge in [0.05, 0.1) is 0 Å². The minimum atomic E-state index is 0.613. The number of likely N-dealkylation sites (N-methyl/N-ethyl adjacent to an activating group) is 1. The van der Waals surface area contributed by atoms with E-state index in [2.05, 4.69) is 37.9 Å². The Morgan fingerprint density at radius 2 is 2.00 bits per heavy atom. The quantitative estimate of drug-likeness (QED) is 0.749. The molecule has 0 bridgehead atoms. The molecule has 96 valence electrons. The molecule has 1 saturated heterocycles. The van der Waals surface area contributed by atoms with E-state index in [-0.39, 0.29) is 0 Å². The lowest BCUT2D eigenvalue weighted by Gasteiger charge is -2.42. The molecule has 0 aliphatic carbocycles. The number of piperidine rings is 1. The topological polar surface area (TPSA) is 15.3 Å². The third kappa shape index (κ3) is 3.74. The van der Waals surface area contributed by atoms with Gasteiger partial charge in [-0.05, 0) is 46.2 Å². The summed E-state index contributed by atoms with van der Waals surface area (Å²) in [5.74, 6) is 0. The van der Waals surface area contributed by atoms with Crippen molar-refractivity contribution in [3.8, 4) is 0 Å². The van der Waals surface area contributed by atoms with Crippen LogP contribution in [0.15, 0.2) is 0 Å². The smallest absolute Gasteiger partial charge is 0.0221 e. The molecule has 0 saturated carbocycles. The number of rotatable bonds is 6. The first kappa shape index (κ1) is 14.0. The van der Waals surface area contributed by atoms with Crippen LogP contribution >= 0.6 is 0 Å². The van der Waals surface area contributed by atoms with Crippen molar-refractivity contribution < 1.29 is 0 Å². The molecule has 1 fully saturated rings. The van der Waals surface area contributed by atoms with Gasteiger partial charge in [0.15, 0.2) is 0 Å². The lowest BCUT2D eigenvalue weighted by atomic mass is 9.95. The Morgan fingerprint density at radius 1 is 1.25 bits per heavy atom. The Hall–Kier alpha value is -0.0800. The molecule has 1 aliphatic rings. The summed E-state index contributed by atoms with van der Waals surface area (Å²) in [7, 11) is 0. The lowest BCUT2D eigenvalue weighted by molar-refractivity contribution is 0.0792. The molecule has 3 atom stereocenters. The van der Waals surface area contributed by atoms with Gasteiger partial charge in [-0.1, -0.05) is 26.7 Å². The number of hydrogen-bond donors (Lipinski definition) is 1. The van der Waals surface area contributed by atoms with Crippen molar-refractivity contribution in [2.75, 3.05) is 13.1 Å². The highest BCUT2D eigenvalue weighted by atomic mass is 15.2. The van der Waals surface area contributed by atoms with E-state index in [4.69, 9.17) is 0 Å². The second-order valence-corrected chi connectivity index (χ2v) is 5.26. The minimum Gasteiger partial charge on any atom is -0.313 e. The SMILES string of the molecule is CCCC1CCCCN1C(C)C(C)NCC. The van der Waals surface area contributed by atoms with E-state index >= 15 is 0 Å². The van der Waals surface area contributed by atoms with Crippen LogP contribution in [0.5, 0.6) is 0 Å². The first-order chi connectivity index (χ1) is 7.70. The van der Waals surface area contributed by atoms with E-state index < -0.39 is 0 Å². The number of nitrogens with one attached hydrogen (secondary N) is 1. The predicted molar refractivity (Wildman–Crippen MR) is 71.9 cm³/mol. The van der Waals surface area contributed by atoms with Crippen molar-refractivity contribution >= 4 is 0 Å². The first-order valence-corrected chi connectivity index (χ1v) is 7.19. The van der Waals surface area contributed by atoms with Crippen LogP contribution in [0.1, 0.15) is 59.8 Å². The van der Waals surface area contributed by atoms with Gasteiger partial charge in [0, 0.05) is 18.1 Å². The molecular formula is C14H30N2. The maximum Gasteiger partial charge on any atom is 0.0221 e. The average molecular weight is 226 g/mol. The maximum atomic E-state index is 3.56. The summed E-state index contributed by atoms with van der Waals surface area (Å²) < 4.78 is 0. The van der Waals surface area contributed by atoms with E-state index in [1.807, 2.05) is 0 Å². The third-order valence-electron chi connectivity index (χ3n) is 4.07. The summed E-state index contributed by atoms with van der Waals surface area (Å²) in [6.07, 6.45) is 6.94. The van der Waals surface area contributed by atoms with Gasteiger partial charge in [0.2, 0.25) is 0 Å². The van der Waals surface area contributed by atoms with Crippen LogP contribution in [0.25, 0.3) is 0 Å². The van der Waals surface area contributed by atoms with Crippen LogP contribution in [0.4, 0.5) is 0 Å². The summed E-state index contributed by atoms with van der Waals surface area (Å²) in [5, 5.41) is 3.56. The molecule has 0 aromatic heterocycles. The fourth-order valence-corrected chi connectivity index (χ4v) is 2.98. The summed E-state index contributed by atoms with van der Waals surface area (Å²) in [6, 6.07) is 2.13. The maximum absolute atomic E-state index is 3.56. The van der Waals surface area contributed by atoms with Crippen LogP contribution < -0.4 is 5.32 Å². The molecule has 0 amide bonds. The molecule has 0 radical (unpaired) electrons. The Balaban J connectivity index is 2.52. The van der Waals surface area contributed by atoms with Crippen molar-refractivity contribution in [1.82, 2.24) is 10.2 Å². The molecule has 1 heterocycles. The highest BCUT2D eigenvalue weighted by Gasteiger charge is 2.28. The standard InChI is InChI=1S/C14H30N2/c1-5-9-14-10-7-8-11-16(14)13(4)12(3)15-6-2/h12-15H,5-11H2,1-4H3. The zero-order valence-corrected chi connectivity index (χ0v) is 11.6. The van der Waals surface area contributed by atoms with E-state index in [0.717, 1.165) is 12.6 Å². The molecule has 0 aromatic rings. The molecule has 16 heavy (non-hydrogen) atoms. The fraction of sp³-hybridized carbons (Fsp3) is 1.00. The molecular weight excluding hydrogens is 196 g/mol. The van der Waals surface area contributed by atoms with Crippen LogP contribution in [-0.4, -0.2) is 36.1 Å². The monoisotopic (exact) mass is 226 g/mol. The summed E-state index contributed by atoms with van der Waals surface area (Å²) in [5.41, 5.74) is 0. The highest BCUT2D eigenvalue weighted by Crippen LogP contribution is 2.24. The van der Waals surface area contributed by atoms with Gasteiger partial charge in [-0.25, -0.2) is 0 Å². The third-order valence-corrected chi connectivity index (χ3v) is 4.07. The van der Waals surface area contributed by atoms with Gasteiger partial charge in [0.25, 0.3) is 0 Å². The molecule has 1 aliphatic heterocycles. The zero-order valence-electron chi connectivity index (χ0n) is 11.6. The number of nitrogens with zero attached hydrogens (tertiary/aromatic N) is 1. The van der Waals surface area contributed by atoms with Gasteiger partial charge in [-0.3, -0.25) is 4.90 Å². The second-order valence-electron chi connectivity index (χ2n) is 5.26. The molecule has 1 N–H and O–H groups in total. The van der Waals surface area contributed by atoms with Crippen molar-refractivity contribution in [1.29, 1.82) is 0 Å². The van der Waals surface area contributed by atoms with Crippen molar-refractivity contribution in [2.24, 2.45) is 0 Å². The normalized spacial score (nSPS) is 26.6. The van der Waals surface area contributed by atoms with Crippen LogP contribution in [-0.2, 0) is 0 Å². The Bertz CT molecular complexity index is 180. The molecule has 0 aromatic carbocycles. The molecule has 2 heteroatoms. The van der Waals surface area contributed by atoms with Crippen LogP contribution in [0, 0.1) is 0 Å². The number of likely N-dealkylation sites (tertiary alicyclic amines) is 1. The highest BCUT2D eigenvalue weighted by molar-refractivity contribution is 4.85. The van der Waals surface area contributed by atoms with Gasteiger partial charge in [0.1, 0.15) is 0 Å². The second kappa shape index (κ2) is 7.29. The van der Waals surface area contributed by atoms with Crippen molar-refractivity contribution in [3.05, 3.63) is 0 Å². The molecule has 1 rings (SSSR count). The minimum absolute atomic E-state index is 0.613. The molecule has 0 spiro atoms. The summed E-state index contributed by atoms with van der Waals surface area (Å²) >= 11 is 0. The van der Waals surface area contributed by atoms with E-state index in [1.165, 1.54) is 38.6 Å². The van der Waals surface area contributed by atoms with Crippen LogP contribution in [0.2, 0.25) is 0 Å². The van der Waals surface area contributed by atoms with E-state index in [9.17, 15) is 0 Å².